The molecule has 1 aromatic rings. The minimum absolute atomic E-state index is 0.117. The summed E-state index contributed by atoms with van der Waals surface area (Å²) in [5.41, 5.74) is -6.29. The van der Waals surface area contributed by atoms with Crippen LogP contribution in [-0.2, 0) is 9.59 Å². The van der Waals surface area contributed by atoms with Crippen LogP contribution in [-0.4, -0.2) is 58.0 Å². The maximum atomic E-state index is 16.1. The molecule has 1 atom stereocenters. The summed E-state index contributed by atoms with van der Waals surface area (Å²) in [6, 6.07) is -1.70. The summed E-state index contributed by atoms with van der Waals surface area (Å²) < 4.78 is 115. The first-order valence-corrected chi connectivity index (χ1v) is 9.68. The number of carbonyl (C=O) groups is 4. The molecule has 0 radical (unpaired) electrons. The highest BCUT2D eigenvalue weighted by Crippen LogP contribution is 2.40. The Morgan fingerprint density at radius 2 is 1.50 bits per heavy atom. The minimum atomic E-state index is -3.66. The SMILES string of the molecule is [2H]C1([2H])C(c2c(F)c(F)c3c(c2F)C(=O)N(C2CCC(=O)NC2=O)C3=O)C([2H])([2H])C([2H])([2H])N(C(C)(C)C)C1([2H])[2H]. The standard InChI is InChI=1S/C22H24F3N3O4/c1-22(2,3)27-8-6-10(7-9-27)13-16(23)14-15(18(25)17(13)24)21(32)28(20(14)31)11-4-5-12(29)26-19(11)30/h10-11H,4-9H2,1-3H3,(H,26,29,30)/i6D2,7D2,8D2,9D2. The number of piperidine rings is 2. The van der Waals surface area contributed by atoms with E-state index in [2.05, 4.69) is 0 Å². The molecule has 3 heterocycles. The van der Waals surface area contributed by atoms with E-state index in [1.165, 1.54) is 20.8 Å². The van der Waals surface area contributed by atoms with Gasteiger partial charge in [0.15, 0.2) is 11.6 Å². The maximum Gasteiger partial charge on any atom is 0.265 e. The van der Waals surface area contributed by atoms with Crippen molar-refractivity contribution in [3.63, 3.8) is 0 Å². The van der Waals surface area contributed by atoms with Crippen molar-refractivity contribution in [3.8, 4) is 0 Å². The van der Waals surface area contributed by atoms with E-state index >= 15 is 13.2 Å². The number of likely N-dealkylation sites (tertiary alicyclic amines) is 1. The summed E-state index contributed by atoms with van der Waals surface area (Å²) in [5, 5.41) is 1.86. The Balaban J connectivity index is 1.98. The summed E-state index contributed by atoms with van der Waals surface area (Å²) in [6.45, 7) is -3.13. The Morgan fingerprint density at radius 3 is 2.03 bits per heavy atom. The molecule has 1 aromatic carbocycles. The molecular formula is C22H24F3N3O4. The molecule has 10 heteroatoms. The zero-order chi connectivity index (χ0) is 30.7. The predicted molar refractivity (Wildman–Crippen MR) is 106 cm³/mol. The number of benzene rings is 1. The third-order valence-electron chi connectivity index (χ3n) is 5.34. The molecule has 3 aliphatic rings. The van der Waals surface area contributed by atoms with Gasteiger partial charge in [-0.15, -0.1) is 0 Å². The molecule has 2 saturated heterocycles. The number of fused-ring (bicyclic) bond motifs is 1. The van der Waals surface area contributed by atoms with Gasteiger partial charge >= 0.3 is 0 Å². The number of imide groups is 2. The molecule has 1 N–H and O–H groups in total. The van der Waals surface area contributed by atoms with E-state index in [4.69, 9.17) is 11.0 Å². The molecule has 0 aromatic heterocycles. The van der Waals surface area contributed by atoms with Gasteiger partial charge < -0.3 is 0 Å². The first kappa shape index (κ1) is 14.4. The highest BCUT2D eigenvalue weighted by molar-refractivity contribution is 6.23. The molecule has 1 unspecified atom stereocenters. The summed E-state index contributed by atoms with van der Waals surface area (Å²) in [7, 11) is 0. The van der Waals surface area contributed by atoms with E-state index < -0.39 is 107 Å². The van der Waals surface area contributed by atoms with Gasteiger partial charge in [-0.25, -0.2) is 13.2 Å². The Labute approximate surface area is 194 Å². The second-order valence-corrected chi connectivity index (χ2v) is 8.50. The van der Waals surface area contributed by atoms with Crippen LogP contribution in [0.15, 0.2) is 0 Å². The van der Waals surface area contributed by atoms with Crippen LogP contribution < -0.4 is 5.32 Å². The van der Waals surface area contributed by atoms with Gasteiger partial charge in [-0.2, -0.15) is 0 Å². The fourth-order valence-corrected chi connectivity index (χ4v) is 3.68. The Hall–Kier alpha value is -2.75. The Bertz CT molecular complexity index is 1350. The van der Waals surface area contributed by atoms with Crippen LogP contribution >= 0.6 is 0 Å². The third-order valence-corrected chi connectivity index (χ3v) is 5.34. The number of amides is 4. The number of carbonyl (C=O) groups excluding carboxylic acids is 4. The van der Waals surface area contributed by atoms with Crippen molar-refractivity contribution >= 4 is 23.6 Å². The molecule has 0 bridgehead atoms. The quantitative estimate of drug-likeness (QED) is 0.543. The molecule has 32 heavy (non-hydrogen) atoms. The lowest BCUT2D eigenvalue weighted by Crippen LogP contribution is -2.54. The van der Waals surface area contributed by atoms with Gasteiger partial charge in [-0.1, -0.05) is 0 Å². The van der Waals surface area contributed by atoms with Crippen LogP contribution in [0.2, 0.25) is 0 Å². The number of rotatable bonds is 2. The Morgan fingerprint density at radius 1 is 0.938 bits per heavy atom. The first-order valence-electron chi connectivity index (χ1n) is 13.7. The van der Waals surface area contributed by atoms with Crippen LogP contribution in [0.5, 0.6) is 0 Å². The fourth-order valence-electron chi connectivity index (χ4n) is 3.68. The van der Waals surface area contributed by atoms with E-state index in [0.717, 1.165) is 0 Å². The lowest BCUT2D eigenvalue weighted by molar-refractivity contribution is -0.136. The van der Waals surface area contributed by atoms with Gasteiger partial charge in [-0.05, 0) is 58.8 Å². The molecule has 0 saturated carbocycles. The van der Waals surface area contributed by atoms with E-state index in [1.54, 1.807) is 0 Å². The number of nitrogens with one attached hydrogen (secondary N) is 1. The topological polar surface area (TPSA) is 86.8 Å². The molecular weight excluding hydrogens is 427 g/mol. The number of halogens is 3. The number of hydrogen-bond donors (Lipinski definition) is 1. The van der Waals surface area contributed by atoms with Gasteiger partial charge in [0.25, 0.3) is 11.8 Å². The van der Waals surface area contributed by atoms with Crippen molar-refractivity contribution < 1.29 is 43.3 Å². The highest BCUT2D eigenvalue weighted by atomic mass is 19.2. The summed E-state index contributed by atoms with van der Waals surface area (Å²) in [6.07, 6.45) is -8.07. The van der Waals surface area contributed by atoms with Crippen LogP contribution in [0.4, 0.5) is 13.2 Å². The molecule has 4 amide bonds. The van der Waals surface area contributed by atoms with Crippen molar-refractivity contribution in [2.24, 2.45) is 0 Å². The Kier molecular flexibility index (Phi) is 3.46. The number of nitrogens with zero attached hydrogens (tertiary/aromatic N) is 2. The van der Waals surface area contributed by atoms with Gasteiger partial charge in [0, 0.05) is 28.5 Å². The third kappa shape index (κ3) is 3.41. The van der Waals surface area contributed by atoms with Crippen molar-refractivity contribution in [1.29, 1.82) is 0 Å². The van der Waals surface area contributed by atoms with Gasteiger partial charge in [0.2, 0.25) is 11.8 Å². The van der Waals surface area contributed by atoms with Crippen molar-refractivity contribution in [3.05, 3.63) is 34.1 Å². The van der Waals surface area contributed by atoms with Gasteiger partial charge in [0.05, 0.1) is 11.1 Å². The summed E-state index contributed by atoms with van der Waals surface area (Å²) in [5.74, 6) is -14.8. The van der Waals surface area contributed by atoms with Crippen LogP contribution in [0.3, 0.4) is 0 Å². The second kappa shape index (κ2) is 7.68. The molecule has 172 valence electrons. The monoisotopic (exact) mass is 459 g/mol. The highest BCUT2D eigenvalue weighted by Gasteiger charge is 2.49. The van der Waals surface area contributed by atoms with Crippen molar-refractivity contribution in [1.82, 2.24) is 15.1 Å². The van der Waals surface area contributed by atoms with Crippen LogP contribution in [0.25, 0.3) is 0 Å². The molecule has 0 aliphatic carbocycles. The normalized spacial score (nSPS) is 33.1. The van der Waals surface area contributed by atoms with Crippen molar-refractivity contribution in [2.75, 3.05) is 13.0 Å². The van der Waals surface area contributed by atoms with Gasteiger partial charge in [-0.3, -0.25) is 34.3 Å². The minimum Gasteiger partial charge on any atom is -0.298 e. The molecule has 7 nitrogen and oxygen atoms in total. The number of hydrogen-bond acceptors (Lipinski definition) is 5. The molecule has 2 fully saturated rings. The predicted octanol–water partition coefficient (Wildman–Crippen LogP) is 2.48. The van der Waals surface area contributed by atoms with E-state index in [-0.39, 0.29) is 16.2 Å². The maximum absolute atomic E-state index is 16.1. The van der Waals surface area contributed by atoms with E-state index in [1.807, 2.05) is 5.32 Å². The van der Waals surface area contributed by atoms with Gasteiger partial charge in [0.1, 0.15) is 11.9 Å². The zero-order valence-electron chi connectivity index (χ0n) is 25.2. The van der Waals surface area contributed by atoms with Crippen LogP contribution in [0, 0.1) is 17.5 Å². The lowest BCUT2D eigenvalue weighted by atomic mass is 9.85. The second-order valence-electron chi connectivity index (χ2n) is 8.50. The zero-order valence-corrected chi connectivity index (χ0v) is 17.2. The lowest BCUT2D eigenvalue weighted by Gasteiger charge is -2.41. The smallest absolute Gasteiger partial charge is 0.265 e. The molecule has 0 spiro atoms. The van der Waals surface area contributed by atoms with Crippen molar-refractivity contribution in [2.45, 2.75) is 63.9 Å². The van der Waals surface area contributed by atoms with Crippen LogP contribution in [0.1, 0.15) is 89.5 Å². The largest absolute Gasteiger partial charge is 0.298 e. The average molecular weight is 459 g/mol. The molecule has 4 rings (SSSR count). The average Bonchev–Trinajstić information content (AvgIpc) is 3.03. The molecule has 3 aliphatic heterocycles. The first-order chi connectivity index (χ1) is 18.0. The van der Waals surface area contributed by atoms with E-state index in [0.29, 0.717) is 0 Å². The van der Waals surface area contributed by atoms with E-state index in [9.17, 15) is 19.2 Å². The summed E-state index contributed by atoms with van der Waals surface area (Å²) in [4.78, 5) is 50.3. The fraction of sp³-hybridized carbons (Fsp3) is 0.545. The summed E-state index contributed by atoms with van der Waals surface area (Å²) >= 11 is 0.